The topological polar surface area (TPSA) is 79.1 Å². The lowest BCUT2D eigenvalue weighted by molar-refractivity contribution is 0.0380. The van der Waals surface area contributed by atoms with Gasteiger partial charge in [-0.15, -0.1) is 5.10 Å². The zero-order valence-corrected chi connectivity index (χ0v) is 12.4. The number of hydrogen-bond donors (Lipinski definition) is 0. The van der Waals surface area contributed by atoms with Crippen LogP contribution in [0.1, 0.15) is 27.4 Å². The zero-order valence-electron chi connectivity index (χ0n) is 12.4. The number of nitrogens with zero attached hydrogens (tertiary/aromatic N) is 4. The van der Waals surface area contributed by atoms with Gasteiger partial charge in [-0.25, -0.2) is 9.48 Å². The summed E-state index contributed by atoms with van der Waals surface area (Å²) in [7, 11) is 1.55. The van der Waals surface area contributed by atoms with Crippen molar-refractivity contribution in [1.29, 1.82) is 0 Å². The predicted molar refractivity (Wildman–Crippen MR) is 75.0 cm³/mol. The molecule has 0 saturated heterocycles. The summed E-state index contributed by atoms with van der Waals surface area (Å²) >= 11 is 0. The van der Waals surface area contributed by atoms with Crippen molar-refractivity contribution in [2.75, 3.05) is 20.3 Å². The molecule has 21 heavy (non-hydrogen) atoms. The molecule has 2 aromatic rings. The Bertz CT molecular complexity index is 624. The summed E-state index contributed by atoms with van der Waals surface area (Å²) in [6.45, 7) is 4.78. The van der Waals surface area contributed by atoms with E-state index in [0.717, 1.165) is 11.3 Å². The molecule has 0 aliphatic rings. The molecule has 2 rings (SSSR count). The summed E-state index contributed by atoms with van der Waals surface area (Å²) in [6, 6.07) is 3.86. The number of aryl methyl sites for hydroxylation is 1. The average Bonchev–Trinajstić information content (AvgIpc) is 2.83. The molecule has 0 aliphatic carbocycles. The van der Waals surface area contributed by atoms with Gasteiger partial charge in [0, 0.05) is 13.3 Å². The van der Waals surface area contributed by atoms with E-state index in [1.165, 1.54) is 0 Å². The highest BCUT2D eigenvalue weighted by Gasteiger charge is 2.18. The van der Waals surface area contributed by atoms with Crippen LogP contribution >= 0.6 is 0 Å². The van der Waals surface area contributed by atoms with Crippen LogP contribution in [0.3, 0.4) is 0 Å². The van der Waals surface area contributed by atoms with Crippen LogP contribution < -0.4 is 0 Å². The van der Waals surface area contributed by atoms with Gasteiger partial charge in [-0.3, -0.25) is 4.98 Å². The molecule has 7 heteroatoms. The molecule has 7 nitrogen and oxygen atoms in total. The van der Waals surface area contributed by atoms with Crippen molar-refractivity contribution in [3.05, 3.63) is 41.0 Å². The normalized spacial score (nSPS) is 10.6. The minimum atomic E-state index is -0.492. The summed E-state index contributed by atoms with van der Waals surface area (Å²) in [5.74, 6) is -0.492. The molecule has 0 spiro atoms. The van der Waals surface area contributed by atoms with Crippen LogP contribution in [-0.2, 0) is 16.0 Å². The van der Waals surface area contributed by atoms with Crippen LogP contribution in [0, 0.1) is 13.8 Å². The Hall–Kier alpha value is -2.28. The van der Waals surface area contributed by atoms with E-state index in [1.807, 2.05) is 19.1 Å². The highest BCUT2D eigenvalue weighted by molar-refractivity contribution is 5.88. The quantitative estimate of drug-likeness (QED) is 0.586. The molecule has 0 aromatic carbocycles. The first-order chi connectivity index (χ1) is 10.1. The third-order valence-corrected chi connectivity index (χ3v) is 3.11. The number of carbonyl (C=O) groups excluding carboxylic acids is 1. The lowest BCUT2D eigenvalue weighted by Gasteiger charge is -2.06. The van der Waals surface area contributed by atoms with Crippen molar-refractivity contribution in [3.8, 4) is 0 Å². The molecule has 0 fully saturated rings. The predicted octanol–water partition coefficient (Wildman–Crippen LogP) is 1.14. The summed E-state index contributed by atoms with van der Waals surface area (Å²) in [5, 5.41) is 7.89. The number of pyridine rings is 1. The number of esters is 1. The van der Waals surface area contributed by atoms with Crippen LogP contribution in [0.25, 0.3) is 0 Å². The highest BCUT2D eigenvalue weighted by atomic mass is 16.6. The molecule has 2 aromatic heterocycles. The Kier molecular flexibility index (Phi) is 4.99. The monoisotopic (exact) mass is 290 g/mol. The number of methoxy groups -OCH3 is 1. The first-order valence-corrected chi connectivity index (χ1v) is 6.60. The largest absolute Gasteiger partial charge is 0.458 e. The second-order valence-corrected chi connectivity index (χ2v) is 4.58. The van der Waals surface area contributed by atoms with E-state index in [4.69, 9.17) is 9.47 Å². The first-order valence-electron chi connectivity index (χ1n) is 6.60. The van der Waals surface area contributed by atoms with Gasteiger partial charge in [-0.1, -0.05) is 11.3 Å². The maximum atomic E-state index is 11.9. The molecule has 112 valence electrons. The molecular weight excluding hydrogens is 272 g/mol. The molecule has 0 unspecified atom stereocenters. The summed E-state index contributed by atoms with van der Waals surface area (Å²) < 4.78 is 11.5. The number of ether oxygens (including phenoxy) is 2. The van der Waals surface area contributed by atoms with Gasteiger partial charge in [-0.2, -0.15) is 0 Å². The van der Waals surface area contributed by atoms with Gasteiger partial charge in [0.1, 0.15) is 6.61 Å². The Morgan fingerprint density at radius 3 is 2.86 bits per heavy atom. The van der Waals surface area contributed by atoms with Gasteiger partial charge < -0.3 is 9.47 Å². The number of aromatic nitrogens is 4. The molecule has 0 N–H and O–H groups in total. The van der Waals surface area contributed by atoms with Gasteiger partial charge >= 0.3 is 5.97 Å². The molecule has 0 radical (unpaired) electrons. The van der Waals surface area contributed by atoms with Crippen LogP contribution in [0.15, 0.2) is 18.3 Å². The third-order valence-electron chi connectivity index (χ3n) is 3.11. The van der Waals surface area contributed by atoms with E-state index in [0.29, 0.717) is 18.8 Å². The fraction of sp³-hybridized carbons (Fsp3) is 0.429. The third kappa shape index (κ3) is 3.63. The van der Waals surface area contributed by atoms with Gasteiger partial charge in [0.25, 0.3) is 0 Å². The Morgan fingerprint density at radius 2 is 2.14 bits per heavy atom. The Morgan fingerprint density at radius 1 is 1.33 bits per heavy atom. The van der Waals surface area contributed by atoms with Gasteiger partial charge in [-0.05, 0) is 25.5 Å². The van der Waals surface area contributed by atoms with Gasteiger partial charge in [0.2, 0.25) is 0 Å². The second kappa shape index (κ2) is 6.94. The molecule has 0 saturated carbocycles. The number of hydrogen-bond acceptors (Lipinski definition) is 6. The molecule has 2 heterocycles. The van der Waals surface area contributed by atoms with E-state index in [1.54, 1.807) is 24.9 Å². The van der Waals surface area contributed by atoms with Crippen LogP contribution in [0.4, 0.5) is 0 Å². The van der Waals surface area contributed by atoms with Crippen LogP contribution in [0.2, 0.25) is 0 Å². The standard InChI is InChI=1S/C14H18N4O3/c1-10-5-4-6-15-12(10)9-18-11(2)13(16-17-18)14(19)21-8-7-20-3/h4-6H,7-9H2,1-3H3. The Labute approximate surface area is 122 Å². The van der Waals surface area contributed by atoms with Crippen molar-refractivity contribution >= 4 is 5.97 Å². The smallest absolute Gasteiger partial charge is 0.360 e. The molecule has 0 bridgehead atoms. The van der Waals surface area contributed by atoms with Crippen molar-refractivity contribution in [2.24, 2.45) is 0 Å². The van der Waals surface area contributed by atoms with E-state index < -0.39 is 5.97 Å². The van der Waals surface area contributed by atoms with E-state index >= 15 is 0 Å². The fourth-order valence-electron chi connectivity index (χ4n) is 1.81. The SMILES string of the molecule is COCCOC(=O)c1nnn(Cc2ncccc2C)c1C. The first kappa shape index (κ1) is 15.1. The maximum absolute atomic E-state index is 11.9. The average molecular weight is 290 g/mol. The van der Waals surface area contributed by atoms with E-state index in [2.05, 4.69) is 15.3 Å². The van der Waals surface area contributed by atoms with Crippen molar-refractivity contribution in [3.63, 3.8) is 0 Å². The van der Waals surface area contributed by atoms with E-state index in [9.17, 15) is 4.79 Å². The summed E-state index contributed by atoms with van der Waals surface area (Å²) in [4.78, 5) is 16.2. The summed E-state index contributed by atoms with van der Waals surface area (Å²) in [6.07, 6.45) is 1.73. The van der Waals surface area contributed by atoms with Crippen molar-refractivity contribution in [2.45, 2.75) is 20.4 Å². The molecule has 0 amide bonds. The zero-order chi connectivity index (χ0) is 15.2. The number of carbonyl (C=O) groups is 1. The van der Waals surface area contributed by atoms with Gasteiger partial charge in [0.15, 0.2) is 5.69 Å². The van der Waals surface area contributed by atoms with Crippen LogP contribution in [-0.4, -0.2) is 46.3 Å². The van der Waals surface area contributed by atoms with E-state index in [-0.39, 0.29) is 12.3 Å². The fourth-order valence-corrected chi connectivity index (χ4v) is 1.81. The highest BCUT2D eigenvalue weighted by Crippen LogP contribution is 2.10. The maximum Gasteiger partial charge on any atom is 0.360 e. The van der Waals surface area contributed by atoms with Crippen molar-refractivity contribution in [1.82, 2.24) is 20.0 Å². The second-order valence-electron chi connectivity index (χ2n) is 4.58. The summed E-state index contributed by atoms with van der Waals surface area (Å²) in [5.41, 5.74) is 2.84. The minimum Gasteiger partial charge on any atom is -0.458 e. The molecular formula is C14H18N4O3. The Balaban J connectivity index is 2.10. The lowest BCUT2D eigenvalue weighted by atomic mass is 10.2. The van der Waals surface area contributed by atoms with Gasteiger partial charge in [0.05, 0.1) is 24.5 Å². The van der Waals surface area contributed by atoms with Crippen molar-refractivity contribution < 1.29 is 14.3 Å². The lowest BCUT2D eigenvalue weighted by Crippen LogP contribution is -2.12. The van der Waals surface area contributed by atoms with Crippen LogP contribution in [0.5, 0.6) is 0 Å². The molecule has 0 atom stereocenters. The number of rotatable bonds is 6. The molecule has 0 aliphatic heterocycles. The minimum absolute atomic E-state index is 0.195.